The number of ether oxygens (including phenoxy) is 1. The molecule has 0 atom stereocenters. The molecule has 4 nitrogen and oxygen atoms in total. The van der Waals surface area contributed by atoms with E-state index in [1.54, 1.807) is 7.11 Å². The maximum atomic E-state index is 5.24. The zero-order valence-electron chi connectivity index (χ0n) is 11.4. The Kier molecular flexibility index (Phi) is 4.20. The van der Waals surface area contributed by atoms with E-state index >= 15 is 0 Å². The second kappa shape index (κ2) is 5.87. The van der Waals surface area contributed by atoms with E-state index in [1.165, 1.54) is 5.52 Å². The van der Waals surface area contributed by atoms with Crippen molar-refractivity contribution in [1.82, 2.24) is 14.9 Å². The summed E-state index contributed by atoms with van der Waals surface area (Å²) < 4.78 is 7.49. The van der Waals surface area contributed by atoms with E-state index in [4.69, 9.17) is 4.74 Å². The molecule has 0 radical (unpaired) electrons. The van der Waals surface area contributed by atoms with Crippen LogP contribution in [0.3, 0.4) is 0 Å². The molecule has 1 aromatic heterocycles. The molecule has 0 saturated heterocycles. The number of benzene rings is 1. The molecule has 98 valence electrons. The van der Waals surface area contributed by atoms with Gasteiger partial charge < -0.3 is 14.6 Å². The van der Waals surface area contributed by atoms with Crippen LogP contribution in [0.4, 0.5) is 0 Å². The van der Waals surface area contributed by atoms with Crippen molar-refractivity contribution in [3.05, 3.63) is 24.0 Å². The van der Waals surface area contributed by atoms with Gasteiger partial charge in [0.25, 0.3) is 0 Å². The van der Waals surface area contributed by atoms with Crippen LogP contribution in [0.15, 0.2) is 18.2 Å². The second-order valence-corrected chi connectivity index (χ2v) is 4.30. The van der Waals surface area contributed by atoms with Gasteiger partial charge in [0.05, 0.1) is 24.7 Å². The molecule has 0 unspecified atom stereocenters. The Labute approximate surface area is 108 Å². The molecule has 1 aromatic carbocycles. The summed E-state index contributed by atoms with van der Waals surface area (Å²) >= 11 is 0. The van der Waals surface area contributed by atoms with Crippen molar-refractivity contribution >= 4 is 11.0 Å². The quantitative estimate of drug-likeness (QED) is 0.797. The number of rotatable bonds is 6. The number of aryl methyl sites for hydroxylation is 1. The zero-order chi connectivity index (χ0) is 13.0. The molecule has 1 heterocycles. The van der Waals surface area contributed by atoms with E-state index in [0.29, 0.717) is 0 Å². The Balaban J connectivity index is 2.34. The number of imidazole rings is 1. The van der Waals surface area contributed by atoms with Gasteiger partial charge in [-0.05, 0) is 32.0 Å². The molecule has 0 bridgehead atoms. The molecular weight excluding hydrogens is 226 g/mol. The van der Waals surface area contributed by atoms with Crippen molar-refractivity contribution in [1.29, 1.82) is 0 Å². The van der Waals surface area contributed by atoms with Crippen molar-refractivity contribution in [2.45, 2.75) is 33.4 Å². The van der Waals surface area contributed by atoms with Crippen LogP contribution in [0, 0.1) is 0 Å². The molecule has 0 aliphatic rings. The van der Waals surface area contributed by atoms with Gasteiger partial charge in [0.15, 0.2) is 0 Å². The number of aromatic nitrogens is 2. The topological polar surface area (TPSA) is 39.1 Å². The average molecular weight is 247 g/mol. The molecule has 2 aromatic rings. The van der Waals surface area contributed by atoms with Crippen LogP contribution in [0.1, 0.15) is 26.1 Å². The van der Waals surface area contributed by atoms with Crippen molar-refractivity contribution in [3.8, 4) is 5.75 Å². The monoisotopic (exact) mass is 247 g/mol. The highest BCUT2D eigenvalue weighted by molar-refractivity contribution is 5.77. The first-order valence-corrected chi connectivity index (χ1v) is 6.54. The Morgan fingerprint density at radius 1 is 1.33 bits per heavy atom. The van der Waals surface area contributed by atoms with Gasteiger partial charge in [-0.25, -0.2) is 4.98 Å². The van der Waals surface area contributed by atoms with Gasteiger partial charge in [-0.3, -0.25) is 0 Å². The largest absolute Gasteiger partial charge is 0.497 e. The van der Waals surface area contributed by atoms with Gasteiger partial charge in [0.1, 0.15) is 11.6 Å². The number of methoxy groups -OCH3 is 1. The third-order valence-electron chi connectivity index (χ3n) is 3.06. The third kappa shape index (κ3) is 2.48. The molecule has 2 rings (SSSR count). The predicted molar refractivity (Wildman–Crippen MR) is 74.0 cm³/mol. The van der Waals surface area contributed by atoms with Crippen LogP contribution in [-0.2, 0) is 13.1 Å². The van der Waals surface area contributed by atoms with Crippen molar-refractivity contribution in [3.63, 3.8) is 0 Å². The second-order valence-electron chi connectivity index (χ2n) is 4.30. The first-order chi connectivity index (χ1) is 8.80. The van der Waals surface area contributed by atoms with Gasteiger partial charge in [0, 0.05) is 12.6 Å². The van der Waals surface area contributed by atoms with Crippen molar-refractivity contribution in [2.24, 2.45) is 0 Å². The highest BCUT2D eigenvalue weighted by atomic mass is 16.5. The van der Waals surface area contributed by atoms with E-state index in [0.717, 1.165) is 43.1 Å². The van der Waals surface area contributed by atoms with Crippen LogP contribution in [0.2, 0.25) is 0 Å². The maximum absolute atomic E-state index is 5.24. The summed E-state index contributed by atoms with van der Waals surface area (Å²) in [5.74, 6) is 1.95. The number of nitrogens with one attached hydrogen (secondary N) is 1. The normalized spacial score (nSPS) is 11.1. The van der Waals surface area contributed by atoms with Crippen molar-refractivity contribution < 1.29 is 4.74 Å². The minimum atomic E-state index is 0.818. The molecular formula is C14H21N3O. The van der Waals surface area contributed by atoms with Crippen LogP contribution >= 0.6 is 0 Å². The molecule has 0 fully saturated rings. The highest BCUT2D eigenvalue weighted by Gasteiger charge is 2.09. The summed E-state index contributed by atoms with van der Waals surface area (Å²) in [6.45, 7) is 7.09. The van der Waals surface area contributed by atoms with Gasteiger partial charge in [-0.15, -0.1) is 0 Å². The third-order valence-corrected chi connectivity index (χ3v) is 3.06. The number of fused-ring (bicyclic) bond motifs is 1. The fourth-order valence-electron chi connectivity index (χ4n) is 2.15. The summed E-state index contributed by atoms with van der Waals surface area (Å²) in [6.07, 6.45) is 1.14. The van der Waals surface area contributed by atoms with Gasteiger partial charge in [0.2, 0.25) is 0 Å². The average Bonchev–Trinajstić information content (AvgIpc) is 2.75. The molecule has 18 heavy (non-hydrogen) atoms. The van der Waals surface area contributed by atoms with Gasteiger partial charge >= 0.3 is 0 Å². The maximum Gasteiger partial charge on any atom is 0.123 e. The first kappa shape index (κ1) is 12.9. The minimum absolute atomic E-state index is 0.818. The number of hydrogen-bond acceptors (Lipinski definition) is 3. The Hall–Kier alpha value is -1.55. The van der Waals surface area contributed by atoms with Crippen molar-refractivity contribution in [2.75, 3.05) is 13.7 Å². The van der Waals surface area contributed by atoms with E-state index in [9.17, 15) is 0 Å². The molecule has 0 spiro atoms. The standard InChI is InChI=1S/C14H21N3O/c1-4-8-15-10-14-16-12-9-11(18-3)6-7-13(12)17(14)5-2/h6-7,9,15H,4-5,8,10H2,1-3H3. The SMILES string of the molecule is CCCNCc1nc2cc(OC)ccc2n1CC. The lowest BCUT2D eigenvalue weighted by Gasteiger charge is -2.06. The lowest BCUT2D eigenvalue weighted by Crippen LogP contribution is -2.17. The van der Waals surface area contributed by atoms with Crippen LogP contribution in [-0.4, -0.2) is 23.2 Å². The molecule has 0 aliphatic heterocycles. The van der Waals surface area contributed by atoms with E-state index in [1.807, 2.05) is 12.1 Å². The minimum Gasteiger partial charge on any atom is -0.497 e. The summed E-state index contributed by atoms with van der Waals surface area (Å²) in [7, 11) is 1.68. The summed E-state index contributed by atoms with van der Waals surface area (Å²) in [5, 5.41) is 3.40. The summed E-state index contributed by atoms with van der Waals surface area (Å²) in [5.41, 5.74) is 2.18. The molecule has 0 saturated carbocycles. The van der Waals surface area contributed by atoms with Crippen LogP contribution < -0.4 is 10.1 Å². The fourth-order valence-corrected chi connectivity index (χ4v) is 2.15. The lowest BCUT2D eigenvalue weighted by molar-refractivity contribution is 0.415. The summed E-state index contributed by atoms with van der Waals surface area (Å²) in [6, 6.07) is 6.05. The predicted octanol–water partition coefficient (Wildman–Crippen LogP) is 2.56. The Morgan fingerprint density at radius 3 is 2.83 bits per heavy atom. The highest BCUT2D eigenvalue weighted by Crippen LogP contribution is 2.21. The molecule has 0 aliphatic carbocycles. The molecule has 0 amide bonds. The van der Waals surface area contributed by atoms with E-state index in [2.05, 4.69) is 34.8 Å². The zero-order valence-corrected chi connectivity index (χ0v) is 11.4. The molecule has 4 heteroatoms. The van der Waals surface area contributed by atoms with Crippen LogP contribution in [0.25, 0.3) is 11.0 Å². The number of hydrogen-bond donors (Lipinski definition) is 1. The van der Waals surface area contributed by atoms with Gasteiger partial charge in [-0.1, -0.05) is 6.92 Å². The van der Waals surface area contributed by atoms with E-state index in [-0.39, 0.29) is 0 Å². The summed E-state index contributed by atoms with van der Waals surface area (Å²) in [4.78, 5) is 4.68. The Morgan fingerprint density at radius 2 is 2.17 bits per heavy atom. The Bertz CT molecular complexity index is 519. The van der Waals surface area contributed by atoms with E-state index < -0.39 is 0 Å². The fraction of sp³-hybridized carbons (Fsp3) is 0.500. The van der Waals surface area contributed by atoms with Gasteiger partial charge in [-0.2, -0.15) is 0 Å². The number of nitrogens with zero attached hydrogens (tertiary/aromatic N) is 2. The lowest BCUT2D eigenvalue weighted by atomic mass is 10.3. The smallest absolute Gasteiger partial charge is 0.123 e. The van der Waals surface area contributed by atoms with Crippen LogP contribution in [0.5, 0.6) is 5.75 Å². The first-order valence-electron chi connectivity index (χ1n) is 6.54. The molecule has 1 N–H and O–H groups in total.